The number of Topliss-reactive ketones (excluding diaryl/α,β-unsaturated/α-hetero) is 1. The van der Waals surface area contributed by atoms with Gasteiger partial charge in [0, 0.05) is 44.1 Å². The first-order valence-electron chi connectivity index (χ1n) is 11.3. The third-order valence-corrected chi connectivity index (χ3v) is 5.92. The second kappa shape index (κ2) is 10.6. The first-order valence-corrected chi connectivity index (χ1v) is 11.3. The molecule has 1 aromatic heterocycles. The van der Waals surface area contributed by atoms with Gasteiger partial charge >= 0.3 is 0 Å². The van der Waals surface area contributed by atoms with E-state index in [1.165, 1.54) is 0 Å². The average molecular weight is 452 g/mol. The van der Waals surface area contributed by atoms with Gasteiger partial charge in [0.1, 0.15) is 11.5 Å². The highest BCUT2D eigenvalue weighted by molar-refractivity contribution is 6.46. The molecule has 3 heterocycles. The minimum Gasteiger partial charge on any atom is -0.507 e. The Morgan fingerprint density at radius 1 is 1.09 bits per heavy atom. The van der Waals surface area contributed by atoms with E-state index in [1.807, 2.05) is 6.92 Å². The Morgan fingerprint density at radius 3 is 2.45 bits per heavy atom. The van der Waals surface area contributed by atoms with E-state index >= 15 is 0 Å². The summed E-state index contributed by atoms with van der Waals surface area (Å²) in [6.45, 7) is 6.51. The van der Waals surface area contributed by atoms with Crippen LogP contribution in [-0.4, -0.2) is 77.6 Å². The number of amides is 1. The summed E-state index contributed by atoms with van der Waals surface area (Å²) in [6, 6.07) is 9.77. The van der Waals surface area contributed by atoms with Crippen molar-refractivity contribution in [2.75, 3.05) is 46.0 Å². The van der Waals surface area contributed by atoms with Gasteiger partial charge in [0.15, 0.2) is 0 Å². The molecule has 0 saturated carbocycles. The standard InChI is InChI=1S/C25H29N3O5/c1-2-15-33-20-5-3-19(4-6-20)23(29)21-22(18-7-9-26-10-8-18)28(25(31)24(21)30)12-11-27-13-16-32-17-14-27/h3-10,22,29H,2,11-17H2,1H3/b23-21-. The molecular formula is C25H29N3O5. The maximum atomic E-state index is 13.1. The van der Waals surface area contributed by atoms with Crippen molar-refractivity contribution in [3.8, 4) is 5.75 Å². The SMILES string of the molecule is CCCOc1ccc(/C(O)=C2/C(=O)C(=O)N(CCN3CCOCC3)C2c2ccncc2)cc1. The third-order valence-electron chi connectivity index (χ3n) is 5.92. The van der Waals surface area contributed by atoms with Crippen LogP contribution in [0.4, 0.5) is 0 Å². The molecule has 1 amide bonds. The maximum absolute atomic E-state index is 13.1. The Kier molecular flexibility index (Phi) is 7.36. The number of carbonyl (C=O) groups excluding carboxylic acids is 2. The number of hydrogen-bond acceptors (Lipinski definition) is 7. The van der Waals surface area contributed by atoms with Gasteiger partial charge in [-0.15, -0.1) is 0 Å². The highest BCUT2D eigenvalue weighted by Crippen LogP contribution is 2.39. The first kappa shape index (κ1) is 22.9. The van der Waals surface area contributed by atoms with Gasteiger partial charge < -0.3 is 19.5 Å². The minimum absolute atomic E-state index is 0.0930. The van der Waals surface area contributed by atoms with E-state index in [0.717, 1.165) is 25.1 Å². The molecule has 2 aliphatic rings. The Balaban J connectivity index is 1.66. The monoisotopic (exact) mass is 451 g/mol. The fourth-order valence-electron chi connectivity index (χ4n) is 4.16. The van der Waals surface area contributed by atoms with E-state index in [4.69, 9.17) is 9.47 Å². The number of pyridine rings is 1. The van der Waals surface area contributed by atoms with E-state index in [0.29, 0.717) is 44.2 Å². The van der Waals surface area contributed by atoms with Gasteiger partial charge in [-0.3, -0.25) is 19.5 Å². The molecule has 1 N–H and O–H groups in total. The molecule has 1 unspecified atom stereocenters. The lowest BCUT2D eigenvalue weighted by Crippen LogP contribution is -2.42. The van der Waals surface area contributed by atoms with Gasteiger partial charge in [0.2, 0.25) is 0 Å². The number of morpholine rings is 1. The van der Waals surface area contributed by atoms with Gasteiger partial charge in [0.05, 0.1) is 31.4 Å². The van der Waals surface area contributed by atoms with Gasteiger partial charge in [-0.1, -0.05) is 6.92 Å². The van der Waals surface area contributed by atoms with Crippen LogP contribution in [0.15, 0.2) is 54.4 Å². The lowest BCUT2D eigenvalue weighted by molar-refractivity contribution is -0.140. The summed E-state index contributed by atoms with van der Waals surface area (Å²) < 4.78 is 11.0. The van der Waals surface area contributed by atoms with Crippen molar-refractivity contribution in [1.82, 2.24) is 14.8 Å². The first-order chi connectivity index (χ1) is 16.1. The molecule has 0 radical (unpaired) electrons. The van der Waals surface area contributed by atoms with Gasteiger partial charge in [-0.2, -0.15) is 0 Å². The number of aromatic nitrogens is 1. The summed E-state index contributed by atoms with van der Waals surface area (Å²) in [6.07, 6.45) is 4.14. The van der Waals surface area contributed by atoms with E-state index in [2.05, 4.69) is 9.88 Å². The average Bonchev–Trinajstić information content (AvgIpc) is 3.12. The number of carbonyl (C=O) groups is 2. The summed E-state index contributed by atoms with van der Waals surface area (Å²) in [7, 11) is 0. The summed E-state index contributed by atoms with van der Waals surface area (Å²) in [4.78, 5) is 33.9. The predicted molar refractivity (Wildman–Crippen MR) is 123 cm³/mol. The van der Waals surface area contributed by atoms with Crippen LogP contribution in [0.25, 0.3) is 5.76 Å². The number of hydrogen-bond donors (Lipinski definition) is 1. The third kappa shape index (κ3) is 5.07. The molecule has 174 valence electrons. The highest BCUT2D eigenvalue weighted by Gasteiger charge is 2.46. The van der Waals surface area contributed by atoms with Gasteiger partial charge in [0.25, 0.3) is 11.7 Å². The molecular weight excluding hydrogens is 422 g/mol. The molecule has 8 heteroatoms. The molecule has 2 saturated heterocycles. The molecule has 2 aromatic rings. The number of nitrogens with zero attached hydrogens (tertiary/aromatic N) is 3. The fraction of sp³-hybridized carbons (Fsp3) is 0.400. The Bertz CT molecular complexity index is 1000. The molecule has 8 nitrogen and oxygen atoms in total. The van der Waals surface area contributed by atoms with Crippen LogP contribution < -0.4 is 4.74 Å². The van der Waals surface area contributed by atoms with Crippen molar-refractivity contribution in [3.05, 3.63) is 65.5 Å². The van der Waals surface area contributed by atoms with Crippen LogP contribution in [0.2, 0.25) is 0 Å². The lowest BCUT2D eigenvalue weighted by atomic mass is 9.96. The number of rotatable bonds is 8. The van der Waals surface area contributed by atoms with Crippen molar-refractivity contribution in [2.45, 2.75) is 19.4 Å². The van der Waals surface area contributed by atoms with Gasteiger partial charge in [-0.05, 0) is 48.4 Å². The smallest absolute Gasteiger partial charge is 0.295 e. The predicted octanol–water partition coefficient (Wildman–Crippen LogP) is 2.62. The number of ether oxygens (including phenoxy) is 2. The van der Waals surface area contributed by atoms with Crippen LogP contribution in [0.1, 0.15) is 30.5 Å². The summed E-state index contributed by atoms with van der Waals surface area (Å²) >= 11 is 0. The maximum Gasteiger partial charge on any atom is 0.295 e. The van der Waals surface area contributed by atoms with Crippen molar-refractivity contribution in [3.63, 3.8) is 0 Å². The molecule has 33 heavy (non-hydrogen) atoms. The molecule has 1 atom stereocenters. The zero-order valence-corrected chi connectivity index (χ0v) is 18.8. The topological polar surface area (TPSA) is 92.2 Å². The number of aliphatic hydroxyl groups is 1. The van der Waals surface area contributed by atoms with Gasteiger partial charge in [-0.25, -0.2) is 0 Å². The van der Waals surface area contributed by atoms with Crippen LogP contribution >= 0.6 is 0 Å². The van der Waals surface area contributed by atoms with Crippen LogP contribution in [-0.2, 0) is 14.3 Å². The van der Waals surface area contributed by atoms with Crippen molar-refractivity contribution < 1.29 is 24.2 Å². The van der Waals surface area contributed by atoms with E-state index in [1.54, 1.807) is 53.7 Å². The molecule has 2 fully saturated rings. The fourth-order valence-corrected chi connectivity index (χ4v) is 4.16. The molecule has 4 rings (SSSR count). The normalized spacial score (nSPS) is 20.9. The van der Waals surface area contributed by atoms with Crippen LogP contribution in [0.3, 0.4) is 0 Å². The van der Waals surface area contributed by atoms with E-state index < -0.39 is 17.7 Å². The summed E-state index contributed by atoms with van der Waals surface area (Å²) in [5.41, 5.74) is 1.29. The number of benzene rings is 1. The molecule has 1 aromatic carbocycles. The quantitative estimate of drug-likeness (QED) is 0.375. The number of aliphatic hydroxyl groups excluding tert-OH is 1. The van der Waals surface area contributed by atoms with E-state index in [9.17, 15) is 14.7 Å². The van der Waals surface area contributed by atoms with Crippen LogP contribution in [0, 0.1) is 0 Å². The second-order valence-corrected chi connectivity index (χ2v) is 8.10. The Hall–Kier alpha value is -3.23. The number of ketones is 1. The van der Waals surface area contributed by atoms with Crippen molar-refractivity contribution >= 4 is 17.4 Å². The van der Waals surface area contributed by atoms with Crippen LogP contribution in [0.5, 0.6) is 5.75 Å². The molecule has 0 spiro atoms. The largest absolute Gasteiger partial charge is 0.507 e. The summed E-state index contributed by atoms with van der Waals surface area (Å²) in [5.74, 6) is -0.784. The van der Waals surface area contributed by atoms with E-state index in [-0.39, 0.29) is 11.3 Å². The second-order valence-electron chi connectivity index (χ2n) is 8.10. The van der Waals surface area contributed by atoms with Crippen molar-refractivity contribution in [2.24, 2.45) is 0 Å². The Labute approximate surface area is 193 Å². The molecule has 2 aliphatic heterocycles. The zero-order chi connectivity index (χ0) is 23.2. The summed E-state index contributed by atoms with van der Waals surface area (Å²) in [5, 5.41) is 11.1. The zero-order valence-electron chi connectivity index (χ0n) is 18.8. The molecule has 0 bridgehead atoms. The lowest BCUT2D eigenvalue weighted by Gasteiger charge is -2.30. The highest BCUT2D eigenvalue weighted by atomic mass is 16.5. The minimum atomic E-state index is -0.678. The Morgan fingerprint density at radius 2 is 1.79 bits per heavy atom. The molecule has 0 aliphatic carbocycles. The van der Waals surface area contributed by atoms with Crippen molar-refractivity contribution in [1.29, 1.82) is 0 Å². The number of likely N-dealkylation sites (tertiary alicyclic amines) is 1.